The summed E-state index contributed by atoms with van der Waals surface area (Å²) in [6, 6.07) is 0. The Morgan fingerprint density at radius 1 is 1.54 bits per heavy atom. The van der Waals surface area contributed by atoms with E-state index in [0.717, 1.165) is 6.26 Å². The third-order valence-corrected chi connectivity index (χ3v) is 3.19. The van der Waals surface area contributed by atoms with Gasteiger partial charge in [0, 0.05) is 12.8 Å². The first-order chi connectivity index (χ1) is 5.89. The van der Waals surface area contributed by atoms with E-state index in [1.165, 1.54) is 6.92 Å². The summed E-state index contributed by atoms with van der Waals surface area (Å²) in [5, 5.41) is 1.51. The van der Waals surface area contributed by atoms with Gasteiger partial charge in [-0.3, -0.25) is 4.79 Å². The molecule has 0 heterocycles. The smallest absolute Gasteiger partial charge is 0.238 e. The molecule has 0 aliphatic heterocycles. The van der Waals surface area contributed by atoms with Crippen molar-refractivity contribution in [3.05, 3.63) is 0 Å². The highest BCUT2D eigenvalue weighted by atomic mass is 32.2. The van der Waals surface area contributed by atoms with E-state index in [9.17, 15) is 13.2 Å². The zero-order valence-electron chi connectivity index (χ0n) is 7.91. The molecule has 0 bridgehead atoms. The van der Waals surface area contributed by atoms with Crippen molar-refractivity contribution in [2.24, 2.45) is 5.73 Å². The van der Waals surface area contributed by atoms with E-state index in [0.29, 0.717) is 19.5 Å². The molecule has 0 aromatic carbocycles. The summed E-state index contributed by atoms with van der Waals surface area (Å²) in [4.78, 5) is 11.1. The molecule has 1 amide bonds. The van der Waals surface area contributed by atoms with E-state index >= 15 is 0 Å². The number of carbonyl (C=O) groups excluding carboxylic acids is 1. The van der Waals surface area contributed by atoms with E-state index in [4.69, 9.17) is 5.73 Å². The summed E-state index contributed by atoms with van der Waals surface area (Å²) in [6.07, 6.45) is 1.70. The number of sulfone groups is 1. The molecular weight excluding hydrogens is 192 g/mol. The Labute approximate surface area is 78.6 Å². The molecule has 0 saturated heterocycles. The van der Waals surface area contributed by atoms with Crippen LogP contribution in [0.15, 0.2) is 0 Å². The number of amides is 1. The molecule has 0 aromatic rings. The van der Waals surface area contributed by atoms with E-state index in [2.05, 4.69) is 5.32 Å². The first kappa shape index (κ1) is 12.4. The van der Waals surface area contributed by atoms with E-state index in [1.807, 2.05) is 0 Å². The van der Waals surface area contributed by atoms with Gasteiger partial charge in [-0.2, -0.15) is 0 Å². The van der Waals surface area contributed by atoms with Crippen LogP contribution in [-0.2, 0) is 14.6 Å². The third-order valence-electron chi connectivity index (χ3n) is 1.69. The number of hydrogen-bond donors (Lipinski definition) is 2. The minimum atomic E-state index is -3.28. The second kappa shape index (κ2) is 5.18. The molecule has 0 radical (unpaired) electrons. The van der Waals surface area contributed by atoms with Gasteiger partial charge >= 0.3 is 0 Å². The van der Waals surface area contributed by atoms with Crippen molar-refractivity contribution >= 4 is 15.7 Å². The SMILES string of the molecule is CC(C(=O)NCCCN)S(C)(=O)=O. The van der Waals surface area contributed by atoms with Crippen molar-refractivity contribution in [3.8, 4) is 0 Å². The molecule has 0 aliphatic carbocycles. The summed E-state index contributed by atoms with van der Waals surface area (Å²) in [5.74, 6) is -0.462. The highest BCUT2D eigenvalue weighted by molar-refractivity contribution is 7.92. The van der Waals surface area contributed by atoms with Crippen molar-refractivity contribution in [2.75, 3.05) is 19.3 Å². The first-order valence-electron chi connectivity index (χ1n) is 4.06. The molecule has 0 saturated carbocycles. The average Bonchev–Trinajstić information content (AvgIpc) is 2.01. The predicted molar refractivity (Wildman–Crippen MR) is 51.0 cm³/mol. The van der Waals surface area contributed by atoms with Crippen LogP contribution < -0.4 is 11.1 Å². The lowest BCUT2D eigenvalue weighted by Crippen LogP contribution is -2.38. The van der Waals surface area contributed by atoms with Crippen molar-refractivity contribution in [1.82, 2.24) is 5.32 Å². The molecule has 5 nitrogen and oxygen atoms in total. The second-order valence-corrected chi connectivity index (χ2v) is 5.27. The molecule has 6 heteroatoms. The Balaban J connectivity index is 3.99. The van der Waals surface area contributed by atoms with Crippen LogP contribution in [0.4, 0.5) is 0 Å². The molecule has 0 fully saturated rings. The lowest BCUT2D eigenvalue weighted by molar-refractivity contribution is -0.120. The molecular formula is C7H16N2O3S. The summed E-state index contributed by atoms with van der Waals surface area (Å²) < 4.78 is 21.8. The van der Waals surface area contributed by atoms with Gasteiger partial charge in [0.2, 0.25) is 5.91 Å². The van der Waals surface area contributed by atoms with Crippen LogP contribution in [0.3, 0.4) is 0 Å². The van der Waals surface area contributed by atoms with Crippen LogP contribution in [0.25, 0.3) is 0 Å². The van der Waals surface area contributed by atoms with E-state index in [1.54, 1.807) is 0 Å². The van der Waals surface area contributed by atoms with Gasteiger partial charge in [0.25, 0.3) is 0 Å². The maximum absolute atomic E-state index is 11.1. The maximum atomic E-state index is 11.1. The number of rotatable bonds is 5. The number of nitrogens with one attached hydrogen (secondary N) is 1. The van der Waals surface area contributed by atoms with Crippen molar-refractivity contribution in [2.45, 2.75) is 18.6 Å². The molecule has 0 rings (SSSR count). The summed E-state index contributed by atoms with van der Waals surface area (Å²) in [5.41, 5.74) is 5.21. The maximum Gasteiger partial charge on any atom is 0.238 e. The highest BCUT2D eigenvalue weighted by Gasteiger charge is 2.22. The molecule has 1 unspecified atom stereocenters. The van der Waals surface area contributed by atoms with Crippen molar-refractivity contribution in [3.63, 3.8) is 0 Å². The van der Waals surface area contributed by atoms with Crippen LogP contribution in [0, 0.1) is 0 Å². The topological polar surface area (TPSA) is 89.3 Å². The largest absolute Gasteiger partial charge is 0.355 e. The fraction of sp³-hybridized carbons (Fsp3) is 0.857. The zero-order valence-corrected chi connectivity index (χ0v) is 8.73. The zero-order chi connectivity index (χ0) is 10.5. The normalized spacial score (nSPS) is 13.8. The van der Waals surface area contributed by atoms with Crippen LogP contribution in [0.2, 0.25) is 0 Å². The van der Waals surface area contributed by atoms with E-state index < -0.39 is 21.0 Å². The lowest BCUT2D eigenvalue weighted by Gasteiger charge is -2.09. The Bertz CT molecular complexity index is 261. The molecule has 0 aromatic heterocycles. The van der Waals surface area contributed by atoms with Crippen molar-refractivity contribution < 1.29 is 13.2 Å². The Hall–Kier alpha value is -0.620. The Morgan fingerprint density at radius 3 is 2.46 bits per heavy atom. The summed E-state index contributed by atoms with van der Waals surface area (Å²) >= 11 is 0. The first-order valence-corrected chi connectivity index (χ1v) is 6.01. The van der Waals surface area contributed by atoms with Gasteiger partial charge < -0.3 is 11.1 Å². The molecule has 0 aliphatic rings. The van der Waals surface area contributed by atoms with Crippen LogP contribution >= 0.6 is 0 Å². The molecule has 1 atom stereocenters. The van der Waals surface area contributed by atoms with Crippen LogP contribution in [-0.4, -0.2) is 38.9 Å². The summed E-state index contributed by atoms with van der Waals surface area (Å²) in [7, 11) is -3.28. The third kappa shape index (κ3) is 4.84. The fourth-order valence-electron chi connectivity index (χ4n) is 0.652. The minimum Gasteiger partial charge on any atom is -0.355 e. The van der Waals surface area contributed by atoms with Gasteiger partial charge in [-0.1, -0.05) is 0 Å². The highest BCUT2D eigenvalue weighted by Crippen LogP contribution is 1.96. The van der Waals surface area contributed by atoms with Crippen LogP contribution in [0.1, 0.15) is 13.3 Å². The number of carbonyl (C=O) groups is 1. The fourth-order valence-corrected chi connectivity index (χ4v) is 1.12. The molecule has 3 N–H and O–H groups in total. The van der Waals surface area contributed by atoms with Crippen LogP contribution in [0.5, 0.6) is 0 Å². The average molecular weight is 208 g/mol. The van der Waals surface area contributed by atoms with Crippen molar-refractivity contribution in [1.29, 1.82) is 0 Å². The number of nitrogens with two attached hydrogens (primary N) is 1. The van der Waals surface area contributed by atoms with Gasteiger partial charge in [0.05, 0.1) is 0 Å². The molecule has 78 valence electrons. The number of hydrogen-bond acceptors (Lipinski definition) is 4. The Kier molecular flexibility index (Phi) is 4.94. The van der Waals surface area contributed by atoms with Gasteiger partial charge in [-0.25, -0.2) is 8.42 Å². The summed E-state index contributed by atoms with van der Waals surface area (Å²) in [6.45, 7) is 2.27. The minimum absolute atomic E-state index is 0.426. The van der Waals surface area contributed by atoms with Gasteiger partial charge in [0.1, 0.15) is 5.25 Å². The monoisotopic (exact) mass is 208 g/mol. The Morgan fingerprint density at radius 2 is 2.08 bits per heavy atom. The van der Waals surface area contributed by atoms with E-state index in [-0.39, 0.29) is 0 Å². The second-order valence-electron chi connectivity index (χ2n) is 2.91. The van der Waals surface area contributed by atoms with Gasteiger partial charge in [0.15, 0.2) is 9.84 Å². The van der Waals surface area contributed by atoms with Gasteiger partial charge in [-0.15, -0.1) is 0 Å². The van der Waals surface area contributed by atoms with Gasteiger partial charge in [-0.05, 0) is 19.9 Å². The molecule has 0 spiro atoms. The quantitative estimate of drug-likeness (QED) is 0.560. The lowest BCUT2D eigenvalue weighted by atomic mass is 10.4. The molecule has 13 heavy (non-hydrogen) atoms. The predicted octanol–water partition coefficient (Wildman–Crippen LogP) is -1.12. The standard InChI is InChI=1S/C7H16N2O3S/c1-6(13(2,11)12)7(10)9-5-3-4-8/h6H,3-5,8H2,1-2H3,(H,9,10).